The van der Waals surface area contributed by atoms with Gasteiger partial charge >= 0.3 is 0 Å². The number of pyridine rings is 1. The number of hydrogen-bond acceptors (Lipinski definition) is 0. The number of nitrogens with zero attached hydrogens (tertiary/aromatic N) is 2. The number of benzene rings is 3. The third-order valence-corrected chi connectivity index (χ3v) is 5.94. The lowest BCUT2D eigenvalue weighted by atomic mass is 9.98. The molecule has 0 aliphatic heterocycles. The SMILES string of the molecule is Cc1cccc2cc3c(-c4ccccc4)c(-c4ccccc4)[n+]4ccccc4n3c12. The van der Waals surface area contributed by atoms with Crippen molar-refractivity contribution in [2.45, 2.75) is 6.92 Å². The Hall–Kier alpha value is -3.91. The van der Waals surface area contributed by atoms with Crippen molar-refractivity contribution in [2.75, 3.05) is 0 Å². The number of rotatable bonds is 2. The molecule has 2 nitrogen and oxygen atoms in total. The molecule has 6 aromatic rings. The molecule has 2 heteroatoms. The van der Waals surface area contributed by atoms with Gasteiger partial charge in [0.05, 0.1) is 11.8 Å². The van der Waals surface area contributed by atoms with Gasteiger partial charge in [-0.3, -0.25) is 0 Å². The van der Waals surface area contributed by atoms with E-state index in [1.807, 2.05) is 0 Å². The molecule has 3 aromatic carbocycles. The summed E-state index contributed by atoms with van der Waals surface area (Å²) in [5.41, 5.74) is 9.84. The molecule has 0 amide bonds. The van der Waals surface area contributed by atoms with Crippen molar-refractivity contribution in [1.29, 1.82) is 0 Å². The van der Waals surface area contributed by atoms with Crippen LogP contribution in [0.3, 0.4) is 0 Å². The van der Waals surface area contributed by atoms with Gasteiger partial charge in [-0.15, -0.1) is 0 Å². The van der Waals surface area contributed by atoms with Crippen molar-refractivity contribution >= 4 is 22.1 Å². The first-order chi connectivity index (χ1) is 14.8. The average molecular weight is 385 g/mol. The van der Waals surface area contributed by atoms with Crippen LogP contribution in [0.2, 0.25) is 0 Å². The molecule has 3 aromatic heterocycles. The Bertz CT molecular complexity index is 1530. The van der Waals surface area contributed by atoms with Crippen molar-refractivity contribution in [3.63, 3.8) is 0 Å². The van der Waals surface area contributed by atoms with Gasteiger partial charge in [-0.1, -0.05) is 84.9 Å². The van der Waals surface area contributed by atoms with E-state index in [2.05, 4.69) is 125 Å². The Labute approximate surface area is 175 Å². The summed E-state index contributed by atoms with van der Waals surface area (Å²) < 4.78 is 4.75. The van der Waals surface area contributed by atoms with E-state index >= 15 is 0 Å². The number of aryl methyl sites for hydroxylation is 1. The van der Waals surface area contributed by atoms with Crippen molar-refractivity contribution in [1.82, 2.24) is 4.40 Å². The van der Waals surface area contributed by atoms with Gasteiger partial charge in [0.2, 0.25) is 0 Å². The molecule has 6 rings (SSSR count). The summed E-state index contributed by atoms with van der Waals surface area (Å²) in [6, 6.07) is 36.8. The van der Waals surface area contributed by atoms with Crippen LogP contribution in [0.25, 0.3) is 44.5 Å². The lowest BCUT2D eigenvalue weighted by Crippen LogP contribution is -2.28. The van der Waals surface area contributed by atoms with Gasteiger partial charge in [-0.05, 0) is 30.2 Å². The highest BCUT2D eigenvalue weighted by Gasteiger charge is 2.26. The largest absolute Gasteiger partial charge is 0.292 e. The molecule has 0 bridgehead atoms. The molecule has 3 heterocycles. The zero-order valence-corrected chi connectivity index (χ0v) is 16.8. The number of fused-ring (bicyclic) bond motifs is 5. The lowest BCUT2D eigenvalue weighted by Gasteiger charge is -2.12. The Morgan fingerprint density at radius 3 is 2.13 bits per heavy atom. The van der Waals surface area contributed by atoms with E-state index in [1.165, 1.54) is 44.4 Å². The van der Waals surface area contributed by atoms with Crippen LogP contribution in [0.5, 0.6) is 0 Å². The monoisotopic (exact) mass is 385 g/mol. The van der Waals surface area contributed by atoms with Crippen molar-refractivity contribution in [2.24, 2.45) is 0 Å². The topological polar surface area (TPSA) is 8.51 Å². The van der Waals surface area contributed by atoms with Crippen LogP contribution in [0.4, 0.5) is 0 Å². The van der Waals surface area contributed by atoms with Crippen LogP contribution in [0.15, 0.2) is 109 Å². The van der Waals surface area contributed by atoms with E-state index < -0.39 is 0 Å². The standard InChI is InChI=1S/C28H21N2/c1-20-11-10-16-23-19-24-26(21-12-4-2-5-13-21)28(22-14-6-3-7-15-22)29-18-9-8-17-25(29)30(24)27(20)23/h2-19H,1H3/q+1. The second-order valence-electron chi connectivity index (χ2n) is 7.76. The van der Waals surface area contributed by atoms with E-state index in [0.717, 1.165) is 5.65 Å². The molecule has 0 N–H and O–H groups in total. The first-order valence-corrected chi connectivity index (χ1v) is 10.3. The zero-order valence-electron chi connectivity index (χ0n) is 16.8. The summed E-state index contributed by atoms with van der Waals surface area (Å²) >= 11 is 0. The Morgan fingerprint density at radius 1 is 0.667 bits per heavy atom. The third-order valence-electron chi connectivity index (χ3n) is 5.94. The Kier molecular flexibility index (Phi) is 3.72. The van der Waals surface area contributed by atoms with E-state index in [1.54, 1.807) is 0 Å². The molecule has 0 spiro atoms. The first-order valence-electron chi connectivity index (χ1n) is 10.3. The fraction of sp³-hybridized carbons (Fsp3) is 0.0357. The summed E-state index contributed by atoms with van der Waals surface area (Å²) in [5.74, 6) is 0. The molecule has 0 atom stereocenters. The minimum atomic E-state index is 1.16. The third kappa shape index (κ3) is 2.40. The maximum atomic E-state index is 2.42. The quantitative estimate of drug-likeness (QED) is 0.302. The normalized spacial score (nSPS) is 11.5. The fourth-order valence-corrected chi connectivity index (χ4v) is 4.67. The summed E-state index contributed by atoms with van der Waals surface area (Å²) in [4.78, 5) is 0. The molecule has 0 saturated carbocycles. The summed E-state index contributed by atoms with van der Waals surface area (Å²) in [5, 5.41) is 1.27. The molecule has 0 aliphatic carbocycles. The number of para-hydroxylation sites is 1. The van der Waals surface area contributed by atoms with Gasteiger partial charge in [-0.25, -0.2) is 0 Å². The minimum Gasteiger partial charge on any atom is -0.198 e. The second-order valence-corrected chi connectivity index (χ2v) is 7.76. The van der Waals surface area contributed by atoms with Crippen molar-refractivity contribution in [3.05, 3.63) is 115 Å². The zero-order chi connectivity index (χ0) is 20.1. The minimum absolute atomic E-state index is 1.16. The molecule has 0 fully saturated rings. The Balaban J connectivity index is 1.94. The molecule has 30 heavy (non-hydrogen) atoms. The van der Waals surface area contributed by atoms with E-state index in [-0.39, 0.29) is 0 Å². The summed E-state index contributed by atoms with van der Waals surface area (Å²) in [6.45, 7) is 2.20. The molecular weight excluding hydrogens is 364 g/mol. The highest BCUT2D eigenvalue weighted by atomic mass is 15.1. The smallest absolute Gasteiger partial charge is 0.198 e. The van der Waals surface area contributed by atoms with Crippen LogP contribution in [-0.2, 0) is 0 Å². The molecule has 0 aliphatic rings. The van der Waals surface area contributed by atoms with Gasteiger partial charge in [0.25, 0.3) is 5.65 Å². The predicted molar refractivity (Wildman–Crippen MR) is 124 cm³/mol. The van der Waals surface area contributed by atoms with E-state index in [9.17, 15) is 0 Å². The molecular formula is C28H21N2+. The Morgan fingerprint density at radius 2 is 1.37 bits per heavy atom. The lowest BCUT2D eigenvalue weighted by molar-refractivity contribution is -0.501. The van der Waals surface area contributed by atoms with Crippen molar-refractivity contribution in [3.8, 4) is 22.4 Å². The maximum absolute atomic E-state index is 2.42. The fourth-order valence-electron chi connectivity index (χ4n) is 4.67. The van der Waals surface area contributed by atoms with Gasteiger partial charge in [0.15, 0.2) is 5.69 Å². The predicted octanol–water partition coefficient (Wildman–Crippen LogP) is 6.47. The molecule has 0 saturated heterocycles. The molecule has 0 unspecified atom stereocenters. The van der Waals surface area contributed by atoms with Crippen molar-refractivity contribution < 1.29 is 4.40 Å². The van der Waals surface area contributed by atoms with Gasteiger partial charge in [0.1, 0.15) is 11.0 Å². The van der Waals surface area contributed by atoms with Gasteiger partial charge < -0.3 is 0 Å². The van der Waals surface area contributed by atoms with Crippen LogP contribution in [-0.4, -0.2) is 4.40 Å². The summed E-state index contributed by atoms with van der Waals surface area (Å²) in [6.07, 6.45) is 2.17. The average Bonchev–Trinajstić information content (AvgIpc) is 3.20. The number of hydrogen-bond donors (Lipinski definition) is 0. The first kappa shape index (κ1) is 17.0. The van der Waals surface area contributed by atoms with Gasteiger partial charge in [-0.2, -0.15) is 8.80 Å². The second kappa shape index (κ2) is 6.57. The van der Waals surface area contributed by atoms with Crippen LogP contribution < -0.4 is 4.40 Å². The number of aromatic nitrogens is 2. The molecule has 0 radical (unpaired) electrons. The summed E-state index contributed by atoms with van der Waals surface area (Å²) in [7, 11) is 0. The highest BCUT2D eigenvalue weighted by Crippen LogP contribution is 2.37. The van der Waals surface area contributed by atoms with Crippen LogP contribution in [0, 0.1) is 6.92 Å². The maximum Gasteiger partial charge on any atom is 0.292 e. The van der Waals surface area contributed by atoms with E-state index in [4.69, 9.17) is 0 Å². The van der Waals surface area contributed by atoms with E-state index in [0.29, 0.717) is 0 Å². The molecule has 142 valence electrons. The van der Waals surface area contributed by atoms with Crippen LogP contribution in [0.1, 0.15) is 5.56 Å². The highest BCUT2D eigenvalue weighted by molar-refractivity contribution is 6.00. The van der Waals surface area contributed by atoms with Gasteiger partial charge in [0, 0.05) is 17.0 Å². The van der Waals surface area contributed by atoms with Crippen LogP contribution >= 0.6 is 0 Å².